The summed E-state index contributed by atoms with van der Waals surface area (Å²) in [5.74, 6) is -0.117. The minimum atomic E-state index is -0.536. The third-order valence-corrected chi connectivity index (χ3v) is 4.72. The molecular weight excluding hydrogens is 264 g/mol. The van der Waals surface area contributed by atoms with Crippen molar-refractivity contribution in [2.24, 2.45) is 0 Å². The van der Waals surface area contributed by atoms with Crippen molar-refractivity contribution >= 4 is 5.97 Å². The molecule has 0 amide bonds. The van der Waals surface area contributed by atoms with Gasteiger partial charge in [0.05, 0.1) is 6.61 Å². The quantitative estimate of drug-likeness (QED) is 0.525. The number of unbranched alkanes of at least 4 members (excludes halogenated alkanes) is 1. The Balaban J connectivity index is 2.38. The van der Waals surface area contributed by atoms with Gasteiger partial charge in [0.25, 0.3) is 0 Å². The summed E-state index contributed by atoms with van der Waals surface area (Å²) in [7, 11) is 0. The second-order valence-corrected chi connectivity index (χ2v) is 6.94. The van der Waals surface area contributed by atoms with Crippen LogP contribution in [0.15, 0.2) is 0 Å². The molecule has 1 aliphatic heterocycles. The SMILES string of the molecule is CCNC(C)(CCCCN1CCCC1(C)C)C(=O)OCC. The van der Waals surface area contributed by atoms with Gasteiger partial charge in [0.15, 0.2) is 0 Å². The lowest BCUT2D eigenvalue weighted by molar-refractivity contribution is -0.150. The van der Waals surface area contributed by atoms with Gasteiger partial charge < -0.3 is 10.1 Å². The molecule has 1 rings (SSSR count). The predicted molar refractivity (Wildman–Crippen MR) is 87.5 cm³/mol. The summed E-state index contributed by atoms with van der Waals surface area (Å²) >= 11 is 0. The molecule has 1 atom stereocenters. The van der Waals surface area contributed by atoms with Crippen LogP contribution >= 0.6 is 0 Å². The zero-order valence-electron chi connectivity index (χ0n) is 14.6. The van der Waals surface area contributed by atoms with E-state index in [4.69, 9.17) is 4.74 Å². The lowest BCUT2D eigenvalue weighted by Gasteiger charge is -2.32. The summed E-state index contributed by atoms with van der Waals surface area (Å²) < 4.78 is 5.21. The molecule has 0 aromatic heterocycles. The van der Waals surface area contributed by atoms with Gasteiger partial charge in [-0.2, -0.15) is 0 Å². The number of esters is 1. The lowest BCUT2D eigenvalue weighted by atomic mass is 9.94. The summed E-state index contributed by atoms with van der Waals surface area (Å²) in [5.41, 5.74) is -0.183. The van der Waals surface area contributed by atoms with Gasteiger partial charge >= 0.3 is 5.97 Å². The fourth-order valence-electron chi connectivity index (χ4n) is 3.30. The molecule has 4 heteroatoms. The van der Waals surface area contributed by atoms with Gasteiger partial charge in [-0.05, 0) is 79.4 Å². The zero-order valence-corrected chi connectivity index (χ0v) is 14.6. The molecule has 0 aliphatic carbocycles. The van der Waals surface area contributed by atoms with Crippen molar-refractivity contribution in [3.63, 3.8) is 0 Å². The highest BCUT2D eigenvalue weighted by molar-refractivity contribution is 5.80. The Hall–Kier alpha value is -0.610. The van der Waals surface area contributed by atoms with Crippen molar-refractivity contribution in [2.75, 3.05) is 26.2 Å². The number of hydrogen-bond acceptors (Lipinski definition) is 4. The molecule has 1 fully saturated rings. The first-order chi connectivity index (χ1) is 9.85. The number of ether oxygens (including phenoxy) is 1. The molecule has 0 saturated carbocycles. The van der Waals surface area contributed by atoms with Gasteiger partial charge in [-0.1, -0.05) is 6.92 Å². The van der Waals surface area contributed by atoms with Crippen LogP contribution < -0.4 is 5.32 Å². The van der Waals surface area contributed by atoms with Crippen LogP contribution in [0.5, 0.6) is 0 Å². The lowest BCUT2D eigenvalue weighted by Crippen LogP contribution is -2.50. The molecule has 1 aliphatic rings. The number of carbonyl (C=O) groups is 1. The summed E-state index contributed by atoms with van der Waals surface area (Å²) in [6.07, 6.45) is 5.64. The van der Waals surface area contributed by atoms with E-state index in [1.54, 1.807) is 0 Å². The number of likely N-dealkylation sites (tertiary alicyclic amines) is 1. The van der Waals surface area contributed by atoms with E-state index in [0.717, 1.165) is 32.4 Å². The molecule has 0 spiro atoms. The zero-order chi connectivity index (χ0) is 15.9. The second-order valence-electron chi connectivity index (χ2n) is 6.94. The van der Waals surface area contributed by atoms with Gasteiger partial charge in [-0.3, -0.25) is 9.69 Å². The highest BCUT2D eigenvalue weighted by atomic mass is 16.5. The van der Waals surface area contributed by atoms with Crippen molar-refractivity contribution in [1.29, 1.82) is 0 Å². The summed E-state index contributed by atoms with van der Waals surface area (Å²) in [5, 5.41) is 3.30. The number of carbonyl (C=O) groups excluding carboxylic acids is 1. The number of nitrogens with zero attached hydrogens (tertiary/aromatic N) is 1. The molecule has 1 heterocycles. The Labute approximate surface area is 130 Å². The van der Waals surface area contributed by atoms with Crippen LogP contribution in [0, 0.1) is 0 Å². The molecule has 1 N–H and O–H groups in total. The maximum atomic E-state index is 12.1. The van der Waals surface area contributed by atoms with E-state index in [-0.39, 0.29) is 5.97 Å². The van der Waals surface area contributed by atoms with E-state index >= 15 is 0 Å². The average molecular weight is 298 g/mol. The van der Waals surface area contributed by atoms with Gasteiger partial charge in [-0.15, -0.1) is 0 Å². The standard InChI is InChI=1S/C17H34N2O2/c1-6-18-17(5,15(20)21-7-2)12-8-9-13-19-14-10-11-16(19,3)4/h18H,6-14H2,1-5H3. The van der Waals surface area contributed by atoms with E-state index in [2.05, 4.69) is 24.1 Å². The molecule has 1 saturated heterocycles. The Morgan fingerprint density at radius 1 is 1.33 bits per heavy atom. The normalized spacial score (nSPS) is 21.2. The van der Waals surface area contributed by atoms with Gasteiger partial charge in [-0.25, -0.2) is 0 Å². The van der Waals surface area contributed by atoms with Crippen LogP contribution in [-0.2, 0) is 9.53 Å². The molecule has 0 radical (unpaired) electrons. The Morgan fingerprint density at radius 3 is 2.57 bits per heavy atom. The first-order valence-corrected chi connectivity index (χ1v) is 8.53. The highest BCUT2D eigenvalue weighted by Crippen LogP contribution is 2.28. The van der Waals surface area contributed by atoms with Crippen molar-refractivity contribution in [2.45, 2.75) is 77.8 Å². The maximum absolute atomic E-state index is 12.1. The minimum absolute atomic E-state index is 0.117. The molecule has 0 aromatic carbocycles. The van der Waals surface area contributed by atoms with Crippen LogP contribution in [0.3, 0.4) is 0 Å². The molecule has 0 bridgehead atoms. The third-order valence-electron chi connectivity index (χ3n) is 4.72. The first-order valence-electron chi connectivity index (χ1n) is 8.53. The molecule has 0 aromatic rings. The van der Waals surface area contributed by atoms with Crippen LogP contribution in [0.4, 0.5) is 0 Å². The monoisotopic (exact) mass is 298 g/mol. The minimum Gasteiger partial charge on any atom is -0.465 e. The van der Waals surface area contributed by atoms with Crippen LogP contribution in [-0.4, -0.2) is 48.2 Å². The Bertz CT molecular complexity index is 331. The van der Waals surface area contributed by atoms with Crippen LogP contribution in [0.1, 0.15) is 66.7 Å². The smallest absolute Gasteiger partial charge is 0.326 e. The van der Waals surface area contributed by atoms with E-state index in [1.165, 1.54) is 19.4 Å². The first kappa shape index (κ1) is 18.4. The largest absolute Gasteiger partial charge is 0.465 e. The maximum Gasteiger partial charge on any atom is 0.326 e. The van der Waals surface area contributed by atoms with Gasteiger partial charge in [0.1, 0.15) is 5.54 Å². The summed E-state index contributed by atoms with van der Waals surface area (Å²) in [4.78, 5) is 14.7. The number of nitrogens with one attached hydrogen (secondary N) is 1. The van der Waals surface area contributed by atoms with Gasteiger partial charge in [0.2, 0.25) is 0 Å². The van der Waals surface area contributed by atoms with Crippen molar-refractivity contribution in [3.05, 3.63) is 0 Å². The molecular formula is C17H34N2O2. The van der Waals surface area contributed by atoms with Crippen LogP contribution in [0.2, 0.25) is 0 Å². The Morgan fingerprint density at radius 2 is 2.05 bits per heavy atom. The highest BCUT2D eigenvalue weighted by Gasteiger charge is 2.34. The fourth-order valence-corrected chi connectivity index (χ4v) is 3.30. The topological polar surface area (TPSA) is 41.6 Å². The van der Waals surface area contributed by atoms with E-state index in [0.29, 0.717) is 12.1 Å². The second kappa shape index (κ2) is 8.14. The van der Waals surface area contributed by atoms with Crippen LogP contribution in [0.25, 0.3) is 0 Å². The molecule has 124 valence electrons. The van der Waals surface area contributed by atoms with Crippen molar-refractivity contribution in [1.82, 2.24) is 10.2 Å². The number of hydrogen-bond donors (Lipinski definition) is 1. The molecule has 21 heavy (non-hydrogen) atoms. The third kappa shape index (κ3) is 5.26. The van der Waals surface area contributed by atoms with Gasteiger partial charge in [0, 0.05) is 5.54 Å². The number of rotatable bonds is 9. The Kier molecular flexibility index (Phi) is 7.14. The summed E-state index contributed by atoms with van der Waals surface area (Å²) in [6, 6.07) is 0. The summed E-state index contributed by atoms with van der Waals surface area (Å²) in [6.45, 7) is 14.1. The average Bonchev–Trinajstić information content (AvgIpc) is 2.74. The molecule has 4 nitrogen and oxygen atoms in total. The van der Waals surface area contributed by atoms with E-state index < -0.39 is 5.54 Å². The number of likely N-dealkylation sites (N-methyl/N-ethyl adjacent to an activating group) is 1. The van der Waals surface area contributed by atoms with Crippen molar-refractivity contribution < 1.29 is 9.53 Å². The van der Waals surface area contributed by atoms with E-state index in [9.17, 15) is 4.79 Å². The van der Waals surface area contributed by atoms with E-state index in [1.807, 2.05) is 20.8 Å². The van der Waals surface area contributed by atoms with Crippen molar-refractivity contribution in [3.8, 4) is 0 Å². The predicted octanol–water partition coefficient (Wildman–Crippen LogP) is 2.96. The molecule has 1 unspecified atom stereocenters. The fraction of sp³-hybridized carbons (Fsp3) is 0.941.